The van der Waals surface area contributed by atoms with Crippen LogP contribution in [0.1, 0.15) is 52.4 Å². The minimum Gasteiger partial charge on any atom is -0.365 e. The van der Waals surface area contributed by atoms with Crippen molar-refractivity contribution < 1.29 is 14.2 Å². The van der Waals surface area contributed by atoms with E-state index in [0.29, 0.717) is 12.2 Å². The van der Waals surface area contributed by atoms with E-state index < -0.39 is 0 Å². The highest BCUT2D eigenvalue weighted by Crippen LogP contribution is 2.69. The van der Waals surface area contributed by atoms with Gasteiger partial charge in [-0.05, 0) is 44.9 Å². The smallest absolute Gasteiger partial charge is 0.158 e. The molecule has 2 aliphatic heterocycles. The molecule has 0 bridgehead atoms. The fourth-order valence-electron chi connectivity index (χ4n) is 5.19. The standard InChI is InChI=1S/C15H24O3/c1-3-16-13-9-10-6-7-12-15(18-12)8-4-5-11(17-13)14(10,15)2/h10-13H,3-9H2,1-2H3/t10-,11-,12-,13?,14-,15-/m0/s1. The molecule has 0 aromatic heterocycles. The van der Waals surface area contributed by atoms with Crippen LogP contribution >= 0.6 is 0 Å². The van der Waals surface area contributed by atoms with E-state index in [0.717, 1.165) is 18.9 Å². The first-order chi connectivity index (χ1) is 8.70. The number of ether oxygens (including phenoxy) is 3. The van der Waals surface area contributed by atoms with Crippen LogP contribution in [0.3, 0.4) is 0 Å². The van der Waals surface area contributed by atoms with Gasteiger partial charge in [0.1, 0.15) is 5.60 Å². The molecule has 6 atom stereocenters. The van der Waals surface area contributed by atoms with E-state index in [2.05, 4.69) is 13.8 Å². The Hall–Kier alpha value is -0.120. The van der Waals surface area contributed by atoms with E-state index in [4.69, 9.17) is 14.2 Å². The lowest BCUT2D eigenvalue weighted by Crippen LogP contribution is -2.61. The maximum absolute atomic E-state index is 6.26. The van der Waals surface area contributed by atoms with E-state index in [1.807, 2.05) is 0 Å². The van der Waals surface area contributed by atoms with E-state index in [-0.39, 0.29) is 17.3 Å². The van der Waals surface area contributed by atoms with Crippen LogP contribution in [0.15, 0.2) is 0 Å². The minimum atomic E-state index is 0.0310. The molecule has 18 heavy (non-hydrogen) atoms. The summed E-state index contributed by atoms with van der Waals surface area (Å²) in [5.74, 6) is 0.729. The van der Waals surface area contributed by atoms with Crippen molar-refractivity contribution in [2.45, 2.75) is 76.5 Å². The second-order valence-corrected chi connectivity index (χ2v) is 6.69. The molecule has 2 aliphatic carbocycles. The Kier molecular flexibility index (Phi) is 2.41. The lowest BCUT2D eigenvalue weighted by molar-refractivity contribution is -0.273. The number of rotatable bonds is 2. The summed E-state index contributed by atoms with van der Waals surface area (Å²) in [5, 5.41) is 0. The predicted molar refractivity (Wildman–Crippen MR) is 67.2 cm³/mol. The molecular formula is C15H24O3. The van der Waals surface area contributed by atoms with Crippen LogP contribution in [0.5, 0.6) is 0 Å². The molecule has 1 spiro atoms. The Morgan fingerprint density at radius 2 is 2.11 bits per heavy atom. The van der Waals surface area contributed by atoms with E-state index in [1.165, 1.54) is 32.1 Å². The van der Waals surface area contributed by atoms with E-state index in [9.17, 15) is 0 Å². The van der Waals surface area contributed by atoms with Crippen LogP contribution in [0.2, 0.25) is 0 Å². The highest BCUT2D eigenvalue weighted by Gasteiger charge is 2.75. The summed E-state index contributed by atoms with van der Waals surface area (Å²) in [4.78, 5) is 0. The maximum atomic E-state index is 6.26. The Morgan fingerprint density at radius 3 is 2.94 bits per heavy atom. The molecule has 0 amide bonds. The van der Waals surface area contributed by atoms with Gasteiger partial charge in [0.15, 0.2) is 6.29 Å². The van der Waals surface area contributed by atoms with Gasteiger partial charge in [0.05, 0.1) is 12.2 Å². The van der Waals surface area contributed by atoms with Gasteiger partial charge < -0.3 is 14.2 Å². The number of hydrogen-bond acceptors (Lipinski definition) is 3. The van der Waals surface area contributed by atoms with Crippen LogP contribution in [0, 0.1) is 11.3 Å². The summed E-state index contributed by atoms with van der Waals surface area (Å²) in [6, 6.07) is 0. The number of hydrogen-bond donors (Lipinski definition) is 0. The normalized spacial score (nSPS) is 57.7. The second-order valence-electron chi connectivity index (χ2n) is 6.69. The van der Waals surface area contributed by atoms with Gasteiger partial charge in [-0.3, -0.25) is 0 Å². The molecule has 0 N–H and O–H groups in total. The second kappa shape index (κ2) is 3.71. The van der Waals surface area contributed by atoms with Gasteiger partial charge in [0.2, 0.25) is 0 Å². The van der Waals surface area contributed by atoms with Crippen molar-refractivity contribution in [3.63, 3.8) is 0 Å². The van der Waals surface area contributed by atoms with Crippen molar-refractivity contribution in [3.8, 4) is 0 Å². The largest absolute Gasteiger partial charge is 0.365 e. The Balaban J connectivity index is 1.66. The first-order valence-electron chi connectivity index (χ1n) is 7.65. The zero-order valence-electron chi connectivity index (χ0n) is 11.5. The van der Waals surface area contributed by atoms with Crippen LogP contribution in [-0.4, -0.2) is 30.7 Å². The van der Waals surface area contributed by atoms with Gasteiger partial charge in [-0.25, -0.2) is 0 Å². The lowest BCUT2D eigenvalue weighted by atomic mass is 9.52. The van der Waals surface area contributed by atoms with Gasteiger partial charge >= 0.3 is 0 Å². The molecule has 4 rings (SSSR count). The highest BCUT2D eigenvalue weighted by molar-refractivity contribution is 5.22. The molecule has 2 saturated carbocycles. The molecule has 2 saturated heterocycles. The SMILES string of the molecule is CCOC1C[C@@H]2CC[C@@H]3O[C@@]34CCC[C@H](O1)[C@]24C. The third-order valence-corrected chi connectivity index (χ3v) is 6.18. The molecule has 3 nitrogen and oxygen atoms in total. The maximum Gasteiger partial charge on any atom is 0.158 e. The van der Waals surface area contributed by atoms with Crippen LogP contribution in [-0.2, 0) is 14.2 Å². The molecule has 0 aromatic rings. The van der Waals surface area contributed by atoms with Crippen LogP contribution in [0.25, 0.3) is 0 Å². The zero-order chi connectivity index (χ0) is 12.4. The van der Waals surface area contributed by atoms with Crippen LogP contribution in [0.4, 0.5) is 0 Å². The van der Waals surface area contributed by atoms with Crippen LogP contribution < -0.4 is 0 Å². The molecule has 1 unspecified atom stereocenters. The Labute approximate surface area is 109 Å². The molecule has 2 heterocycles. The third-order valence-electron chi connectivity index (χ3n) is 6.18. The quantitative estimate of drug-likeness (QED) is 0.708. The monoisotopic (exact) mass is 252 g/mol. The molecule has 3 heteroatoms. The van der Waals surface area contributed by atoms with E-state index in [1.54, 1.807) is 0 Å². The molecule has 0 aromatic carbocycles. The van der Waals surface area contributed by atoms with Crippen molar-refractivity contribution >= 4 is 0 Å². The molecule has 4 fully saturated rings. The molecule has 0 radical (unpaired) electrons. The van der Waals surface area contributed by atoms with Crippen molar-refractivity contribution in [3.05, 3.63) is 0 Å². The summed E-state index contributed by atoms with van der Waals surface area (Å²) in [6.45, 7) is 5.24. The highest BCUT2D eigenvalue weighted by atomic mass is 16.7. The first-order valence-corrected chi connectivity index (χ1v) is 7.65. The minimum absolute atomic E-state index is 0.0310. The number of epoxide rings is 1. The fourth-order valence-corrected chi connectivity index (χ4v) is 5.19. The average molecular weight is 252 g/mol. The van der Waals surface area contributed by atoms with Crippen molar-refractivity contribution in [1.29, 1.82) is 0 Å². The lowest BCUT2D eigenvalue weighted by Gasteiger charge is -2.57. The van der Waals surface area contributed by atoms with Gasteiger partial charge in [-0.2, -0.15) is 0 Å². The summed E-state index contributed by atoms with van der Waals surface area (Å²) in [5.41, 5.74) is 0.428. The third kappa shape index (κ3) is 1.26. The van der Waals surface area contributed by atoms with Gasteiger partial charge in [0, 0.05) is 18.4 Å². The summed E-state index contributed by atoms with van der Waals surface area (Å²) in [7, 11) is 0. The first kappa shape index (κ1) is 11.7. The van der Waals surface area contributed by atoms with Crippen molar-refractivity contribution in [2.75, 3.05) is 6.61 Å². The molecular weight excluding hydrogens is 228 g/mol. The van der Waals surface area contributed by atoms with Crippen molar-refractivity contribution in [1.82, 2.24) is 0 Å². The summed E-state index contributed by atoms with van der Waals surface area (Å²) >= 11 is 0. The zero-order valence-corrected chi connectivity index (χ0v) is 11.5. The summed E-state index contributed by atoms with van der Waals surface area (Å²) in [6.07, 6.45) is 8.24. The van der Waals surface area contributed by atoms with E-state index >= 15 is 0 Å². The van der Waals surface area contributed by atoms with Gasteiger partial charge in [0.25, 0.3) is 0 Å². The average Bonchev–Trinajstić information content (AvgIpc) is 3.05. The molecule has 4 aliphatic rings. The van der Waals surface area contributed by atoms with Crippen molar-refractivity contribution in [2.24, 2.45) is 11.3 Å². The predicted octanol–water partition coefficient (Wildman–Crippen LogP) is 2.88. The van der Waals surface area contributed by atoms with Gasteiger partial charge in [-0.1, -0.05) is 6.92 Å². The Bertz CT molecular complexity index is 348. The van der Waals surface area contributed by atoms with Gasteiger partial charge in [-0.15, -0.1) is 0 Å². The fraction of sp³-hybridized carbons (Fsp3) is 1.00. The summed E-state index contributed by atoms with van der Waals surface area (Å²) < 4.78 is 18.2. The molecule has 102 valence electrons. The Morgan fingerprint density at radius 1 is 1.22 bits per heavy atom. The topological polar surface area (TPSA) is 31.0 Å².